The van der Waals surface area contributed by atoms with Crippen molar-refractivity contribution >= 4 is 34.9 Å². The molecule has 2 fully saturated rings. The predicted molar refractivity (Wildman–Crippen MR) is 133 cm³/mol. The molecule has 3 N–H and O–H groups in total. The molecule has 0 saturated carbocycles. The molecule has 0 unspecified atom stereocenters. The summed E-state index contributed by atoms with van der Waals surface area (Å²) in [6.07, 6.45) is 2.94. The fourth-order valence-electron chi connectivity index (χ4n) is 4.53. The zero-order valence-electron chi connectivity index (χ0n) is 19.3. The van der Waals surface area contributed by atoms with Crippen LogP contribution in [0.2, 0.25) is 5.02 Å². The fraction of sp³-hybridized carbons (Fsp3) is 0.440. The van der Waals surface area contributed by atoms with E-state index in [-0.39, 0.29) is 29.6 Å². The lowest BCUT2D eigenvalue weighted by atomic mass is 9.96. The van der Waals surface area contributed by atoms with Gasteiger partial charge in [-0.1, -0.05) is 11.6 Å². The van der Waals surface area contributed by atoms with Crippen molar-refractivity contribution in [1.29, 1.82) is 0 Å². The Hall–Kier alpha value is -3.13. The summed E-state index contributed by atoms with van der Waals surface area (Å²) >= 11 is 5.95. The van der Waals surface area contributed by atoms with Crippen molar-refractivity contribution in [3.8, 4) is 11.5 Å². The third-order valence-corrected chi connectivity index (χ3v) is 6.86. The number of piperidine rings is 2. The van der Waals surface area contributed by atoms with Gasteiger partial charge in [0.1, 0.15) is 11.5 Å². The third-order valence-electron chi connectivity index (χ3n) is 6.63. The molecule has 182 valence electrons. The number of aromatic hydroxyl groups is 1. The van der Waals surface area contributed by atoms with Crippen LogP contribution >= 0.6 is 11.6 Å². The number of ether oxygens (including phenoxy) is 1. The van der Waals surface area contributed by atoms with E-state index in [1.54, 1.807) is 18.1 Å². The molecule has 2 aliphatic rings. The van der Waals surface area contributed by atoms with E-state index in [0.717, 1.165) is 37.4 Å². The SMILES string of the molecule is COc1ccc(N2CCC(NC(=O)N3CCC(C(=O)Nc4cc(Cl)ccc4O)CC3)CC2)cc1. The molecule has 0 radical (unpaired) electrons. The maximum Gasteiger partial charge on any atom is 0.317 e. The number of nitrogens with one attached hydrogen (secondary N) is 2. The Balaban J connectivity index is 1.20. The van der Waals surface area contributed by atoms with Gasteiger partial charge in [0.25, 0.3) is 0 Å². The topological polar surface area (TPSA) is 94.1 Å². The van der Waals surface area contributed by atoms with E-state index in [1.807, 2.05) is 12.1 Å². The summed E-state index contributed by atoms with van der Waals surface area (Å²) < 4.78 is 5.22. The number of amides is 3. The largest absolute Gasteiger partial charge is 0.506 e. The van der Waals surface area contributed by atoms with Gasteiger partial charge in [0.2, 0.25) is 5.91 Å². The number of hydrogen-bond acceptors (Lipinski definition) is 5. The van der Waals surface area contributed by atoms with Crippen LogP contribution in [-0.4, -0.2) is 61.3 Å². The Bertz CT molecular complexity index is 1000. The zero-order chi connectivity index (χ0) is 24.1. The molecule has 0 aromatic heterocycles. The molecule has 3 amide bonds. The number of urea groups is 1. The van der Waals surface area contributed by atoms with Crippen molar-refractivity contribution in [1.82, 2.24) is 10.2 Å². The van der Waals surface area contributed by atoms with Crippen LogP contribution in [0.15, 0.2) is 42.5 Å². The second-order valence-electron chi connectivity index (χ2n) is 8.82. The van der Waals surface area contributed by atoms with E-state index in [4.69, 9.17) is 16.3 Å². The first-order valence-electron chi connectivity index (χ1n) is 11.7. The fourth-order valence-corrected chi connectivity index (χ4v) is 4.70. The van der Waals surface area contributed by atoms with E-state index < -0.39 is 0 Å². The van der Waals surface area contributed by atoms with Crippen LogP contribution in [-0.2, 0) is 4.79 Å². The first-order valence-corrected chi connectivity index (χ1v) is 12.0. The van der Waals surface area contributed by atoms with Crippen LogP contribution < -0.4 is 20.3 Å². The molecule has 2 heterocycles. The summed E-state index contributed by atoms with van der Waals surface area (Å²) in [6, 6.07) is 12.7. The average molecular weight is 487 g/mol. The molecule has 0 bridgehead atoms. The summed E-state index contributed by atoms with van der Waals surface area (Å²) in [6.45, 7) is 2.82. The normalized spacial score (nSPS) is 17.4. The Morgan fingerprint density at radius 3 is 2.32 bits per heavy atom. The maximum atomic E-state index is 12.8. The lowest BCUT2D eigenvalue weighted by Crippen LogP contribution is -2.51. The number of carbonyl (C=O) groups excluding carboxylic acids is 2. The monoisotopic (exact) mass is 486 g/mol. The van der Waals surface area contributed by atoms with Crippen LogP contribution in [0, 0.1) is 5.92 Å². The minimum absolute atomic E-state index is 0.0207. The molecule has 2 aromatic carbocycles. The number of methoxy groups -OCH3 is 1. The van der Waals surface area contributed by atoms with Crippen molar-refractivity contribution in [2.75, 3.05) is 43.5 Å². The van der Waals surface area contributed by atoms with E-state index in [2.05, 4.69) is 27.7 Å². The summed E-state index contributed by atoms with van der Waals surface area (Å²) in [4.78, 5) is 29.5. The summed E-state index contributed by atoms with van der Waals surface area (Å²) in [5.41, 5.74) is 1.47. The van der Waals surface area contributed by atoms with Gasteiger partial charge in [-0.05, 0) is 68.1 Å². The summed E-state index contributed by atoms with van der Waals surface area (Å²) in [7, 11) is 1.66. The Morgan fingerprint density at radius 2 is 1.68 bits per heavy atom. The highest BCUT2D eigenvalue weighted by molar-refractivity contribution is 6.31. The average Bonchev–Trinajstić information content (AvgIpc) is 2.87. The van der Waals surface area contributed by atoms with Crippen LogP contribution in [0.4, 0.5) is 16.2 Å². The number of anilines is 2. The molecule has 8 nitrogen and oxygen atoms in total. The van der Waals surface area contributed by atoms with E-state index in [1.165, 1.54) is 12.1 Å². The highest BCUT2D eigenvalue weighted by atomic mass is 35.5. The molecule has 2 aromatic rings. The van der Waals surface area contributed by atoms with Crippen molar-refractivity contribution < 1.29 is 19.4 Å². The molecule has 2 saturated heterocycles. The second-order valence-corrected chi connectivity index (χ2v) is 9.26. The number of halogens is 1. The second kappa shape index (κ2) is 10.9. The molecule has 9 heteroatoms. The zero-order valence-corrected chi connectivity index (χ0v) is 20.1. The minimum Gasteiger partial charge on any atom is -0.506 e. The summed E-state index contributed by atoms with van der Waals surface area (Å²) in [5.74, 6) is 0.445. The van der Waals surface area contributed by atoms with Gasteiger partial charge < -0.3 is 30.3 Å². The van der Waals surface area contributed by atoms with Gasteiger partial charge in [-0.15, -0.1) is 0 Å². The first kappa shape index (κ1) is 24.0. The highest BCUT2D eigenvalue weighted by Crippen LogP contribution is 2.28. The van der Waals surface area contributed by atoms with Gasteiger partial charge in [-0.2, -0.15) is 0 Å². The number of nitrogens with zero attached hydrogens (tertiary/aromatic N) is 2. The quantitative estimate of drug-likeness (QED) is 0.553. The van der Waals surface area contributed by atoms with E-state index >= 15 is 0 Å². The molecule has 2 aliphatic heterocycles. The predicted octanol–water partition coefficient (Wildman–Crippen LogP) is 4.08. The number of rotatable bonds is 5. The smallest absolute Gasteiger partial charge is 0.317 e. The van der Waals surface area contributed by atoms with Gasteiger partial charge >= 0.3 is 6.03 Å². The van der Waals surface area contributed by atoms with Crippen LogP contribution in [0.1, 0.15) is 25.7 Å². The van der Waals surface area contributed by atoms with Gasteiger partial charge in [0.05, 0.1) is 12.8 Å². The third kappa shape index (κ3) is 5.86. The Kier molecular flexibility index (Phi) is 7.67. The number of phenolic OH excluding ortho intramolecular Hbond substituents is 1. The number of hydrogen-bond donors (Lipinski definition) is 3. The van der Waals surface area contributed by atoms with Gasteiger partial charge in [0, 0.05) is 48.8 Å². The molecule has 0 aliphatic carbocycles. The van der Waals surface area contributed by atoms with Crippen LogP contribution in [0.3, 0.4) is 0 Å². The number of phenols is 1. The Morgan fingerprint density at radius 1 is 1.00 bits per heavy atom. The molecular formula is C25H31ClN4O4. The minimum atomic E-state index is -0.213. The summed E-state index contributed by atoms with van der Waals surface area (Å²) in [5, 5.41) is 16.3. The molecular weight excluding hydrogens is 456 g/mol. The standard InChI is InChI=1S/C25H31ClN4O4/c1-34-21-5-3-20(4-6-21)29-14-10-19(11-15-29)27-25(33)30-12-8-17(9-13-30)24(32)28-22-16-18(26)2-7-23(22)31/h2-7,16-17,19,31H,8-15H2,1H3,(H,27,33)(H,28,32). The lowest BCUT2D eigenvalue weighted by molar-refractivity contribution is -0.121. The number of carbonyl (C=O) groups is 2. The van der Waals surface area contributed by atoms with Gasteiger partial charge in [-0.25, -0.2) is 4.79 Å². The van der Waals surface area contributed by atoms with Crippen molar-refractivity contribution in [3.05, 3.63) is 47.5 Å². The van der Waals surface area contributed by atoms with Crippen LogP contribution in [0.25, 0.3) is 0 Å². The first-order chi connectivity index (χ1) is 16.4. The number of likely N-dealkylation sites (tertiary alicyclic amines) is 1. The van der Waals surface area contributed by atoms with Crippen molar-refractivity contribution in [2.24, 2.45) is 5.92 Å². The molecule has 0 atom stereocenters. The van der Waals surface area contributed by atoms with Crippen LogP contribution in [0.5, 0.6) is 11.5 Å². The molecule has 34 heavy (non-hydrogen) atoms. The van der Waals surface area contributed by atoms with Crippen molar-refractivity contribution in [2.45, 2.75) is 31.7 Å². The van der Waals surface area contributed by atoms with Gasteiger partial charge in [0.15, 0.2) is 0 Å². The lowest BCUT2D eigenvalue weighted by Gasteiger charge is -2.36. The molecule has 4 rings (SSSR count). The maximum absolute atomic E-state index is 12.8. The Labute approximate surface area is 204 Å². The van der Waals surface area contributed by atoms with Gasteiger partial charge in [-0.3, -0.25) is 4.79 Å². The highest BCUT2D eigenvalue weighted by Gasteiger charge is 2.29. The van der Waals surface area contributed by atoms with Crippen molar-refractivity contribution in [3.63, 3.8) is 0 Å². The van der Waals surface area contributed by atoms with E-state index in [9.17, 15) is 14.7 Å². The molecule has 0 spiro atoms. The van der Waals surface area contributed by atoms with E-state index in [0.29, 0.717) is 36.6 Å². The number of benzene rings is 2.